The van der Waals surface area contributed by atoms with Crippen LogP contribution in [-0.2, 0) is 5.60 Å². The van der Waals surface area contributed by atoms with Gasteiger partial charge in [0.1, 0.15) is 29.0 Å². The van der Waals surface area contributed by atoms with Crippen molar-refractivity contribution in [1.29, 1.82) is 0 Å². The number of aromatic nitrogens is 3. The molecule has 0 radical (unpaired) electrons. The van der Waals surface area contributed by atoms with Crippen molar-refractivity contribution in [3.05, 3.63) is 95.7 Å². The molecule has 8 heteroatoms. The molecule has 2 aromatic heterocycles. The van der Waals surface area contributed by atoms with Gasteiger partial charge in [-0.25, -0.2) is 13.9 Å². The molecule has 4 N–H and O–H groups in total. The molecule has 1 atom stereocenters. The van der Waals surface area contributed by atoms with Crippen LogP contribution in [0.25, 0.3) is 5.52 Å². The van der Waals surface area contributed by atoms with E-state index in [2.05, 4.69) is 15.4 Å². The lowest BCUT2D eigenvalue weighted by Gasteiger charge is -2.29. The zero-order valence-corrected chi connectivity index (χ0v) is 16.0. The predicted octanol–water partition coefficient (Wildman–Crippen LogP) is 2.51. The molecule has 2 aromatic carbocycles. The standard InChI is InChI=1S/C22H20FN5O2/c23-17-13-18-20(24)26-14-27-28(18)19(17)22(30,16-9-5-2-6-10-16)11-12-25-21(29)15-7-3-1-4-8-15/h1-10,13-14,30H,11-12H2,(H,25,29)(H2,24,26,27). The minimum atomic E-state index is -1.76. The van der Waals surface area contributed by atoms with Gasteiger partial charge >= 0.3 is 0 Å². The summed E-state index contributed by atoms with van der Waals surface area (Å²) in [5.41, 5.74) is 5.25. The number of amides is 1. The van der Waals surface area contributed by atoms with Crippen LogP contribution in [0.4, 0.5) is 10.2 Å². The summed E-state index contributed by atoms with van der Waals surface area (Å²) in [4.78, 5) is 16.2. The SMILES string of the molecule is Nc1ncnn2c(C(O)(CCNC(=O)c3ccccc3)c3ccccc3)c(F)cc12. The van der Waals surface area contributed by atoms with Crippen molar-refractivity contribution >= 4 is 17.2 Å². The number of nitrogen functional groups attached to an aromatic ring is 1. The summed E-state index contributed by atoms with van der Waals surface area (Å²) in [6, 6.07) is 18.6. The Bertz CT molecular complexity index is 1180. The molecule has 1 amide bonds. The van der Waals surface area contributed by atoms with Crippen molar-refractivity contribution in [2.24, 2.45) is 0 Å². The quantitative estimate of drug-likeness (QED) is 0.457. The fourth-order valence-electron chi connectivity index (χ4n) is 3.51. The lowest BCUT2D eigenvalue weighted by atomic mass is 9.87. The second-order valence-corrected chi connectivity index (χ2v) is 6.88. The van der Waals surface area contributed by atoms with Gasteiger partial charge in [0.2, 0.25) is 0 Å². The number of nitrogens with two attached hydrogens (primary N) is 1. The average molecular weight is 405 g/mol. The summed E-state index contributed by atoms with van der Waals surface area (Å²) in [5.74, 6) is -0.844. The van der Waals surface area contributed by atoms with Crippen LogP contribution in [0, 0.1) is 5.82 Å². The summed E-state index contributed by atoms with van der Waals surface area (Å²) in [6.07, 6.45) is 1.22. The van der Waals surface area contributed by atoms with Gasteiger partial charge in [0, 0.05) is 24.6 Å². The van der Waals surface area contributed by atoms with Gasteiger partial charge in [-0.1, -0.05) is 48.5 Å². The van der Waals surface area contributed by atoms with E-state index in [-0.39, 0.29) is 35.9 Å². The Morgan fingerprint density at radius 2 is 1.80 bits per heavy atom. The number of carbonyl (C=O) groups excluding carboxylic acids is 1. The summed E-state index contributed by atoms with van der Waals surface area (Å²) < 4.78 is 16.3. The van der Waals surface area contributed by atoms with E-state index < -0.39 is 11.4 Å². The first-order chi connectivity index (χ1) is 14.5. The number of halogens is 1. The van der Waals surface area contributed by atoms with E-state index in [1.54, 1.807) is 54.6 Å². The van der Waals surface area contributed by atoms with Crippen LogP contribution < -0.4 is 11.1 Å². The van der Waals surface area contributed by atoms with Crippen LogP contribution in [0.5, 0.6) is 0 Å². The number of carbonyl (C=O) groups is 1. The molecular weight excluding hydrogens is 385 g/mol. The van der Waals surface area contributed by atoms with Crippen LogP contribution >= 0.6 is 0 Å². The molecule has 30 heavy (non-hydrogen) atoms. The Hall–Kier alpha value is -3.78. The van der Waals surface area contributed by atoms with Crippen molar-refractivity contribution in [2.45, 2.75) is 12.0 Å². The molecule has 152 valence electrons. The van der Waals surface area contributed by atoms with Crippen LogP contribution in [0.1, 0.15) is 28.0 Å². The fourth-order valence-corrected chi connectivity index (χ4v) is 3.51. The maximum absolute atomic E-state index is 15.0. The van der Waals surface area contributed by atoms with Crippen molar-refractivity contribution in [1.82, 2.24) is 19.9 Å². The van der Waals surface area contributed by atoms with Gasteiger partial charge in [-0.05, 0) is 17.7 Å². The second kappa shape index (κ2) is 7.92. The fraction of sp³-hybridized carbons (Fsp3) is 0.136. The van der Waals surface area contributed by atoms with Gasteiger partial charge in [-0.2, -0.15) is 5.10 Å². The molecule has 4 rings (SSSR count). The van der Waals surface area contributed by atoms with Crippen molar-refractivity contribution in [2.75, 3.05) is 12.3 Å². The molecule has 4 aromatic rings. The van der Waals surface area contributed by atoms with Crippen LogP contribution in [-0.4, -0.2) is 32.2 Å². The van der Waals surface area contributed by atoms with E-state index in [0.717, 1.165) is 0 Å². The minimum absolute atomic E-state index is 0.0164. The number of rotatable bonds is 6. The topological polar surface area (TPSA) is 106 Å². The molecule has 0 aliphatic heterocycles. The molecule has 0 saturated heterocycles. The van der Waals surface area contributed by atoms with E-state index in [1.807, 2.05) is 6.07 Å². The van der Waals surface area contributed by atoms with E-state index in [0.29, 0.717) is 11.1 Å². The Kier molecular flexibility index (Phi) is 5.16. The first kappa shape index (κ1) is 19.5. The van der Waals surface area contributed by atoms with Crippen molar-refractivity contribution in [3.8, 4) is 0 Å². The maximum Gasteiger partial charge on any atom is 0.251 e. The van der Waals surface area contributed by atoms with Crippen LogP contribution in [0.3, 0.4) is 0 Å². The highest BCUT2D eigenvalue weighted by molar-refractivity contribution is 5.94. The third-order valence-electron chi connectivity index (χ3n) is 5.01. The molecule has 2 heterocycles. The second-order valence-electron chi connectivity index (χ2n) is 6.88. The Balaban J connectivity index is 1.70. The van der Waals surface area contributed by atoms with Gasteiger partial charge in [0.05, 0.1) is 0 Å². The first-order valence-electron chi connectivity index (χ1n) is 9.40. The normalized spacial score (nSPS) is 13.1. The third kappa shape index (κ3) is 3.48. The minimum Gasteiger partial charge on any atom is -0.382 e. The Morgan fingerprint density at radius 3 is 2.50 bits per heavy atom. The van der Waals surface area contributed by atoms with Crippen molar-refractivity contribution < 1.29 is 14.3 Å². The molecular formula is C22H20FN5O2. The molecule has 0 saturated carbocycles. The number of anilines is 1. The van der Waals surface area contributed by atoms with Gasteiger partial charge in [0.25, 0.3) is 5.91 Å². The molecule has 0 spiro atoms. The lowest BCUT2D eigenvalue weighted by molar-refractivity contribution is 0.0596. The van der Waals surface area contributed by atoms with Gasteiger partial charge < -0.3 is 16.2 Å². The maximum atomic E-state index is 15.0. The molecule has 1 unspecified atom stereocenters. The molecule has 0 aliphatic carbocycles. The zero-order valence-electron chi connectivity index (χ0n) is 16.0. The van der Waals surface area contributed by atoms with E-state index in [9.17, 15) is 9.90 Å². The highest BCUT2D eigenvalue weighted by atomic mass is 19.1. The number of nitrogens with zero attached hydrogens (tertiary/aromatic N) is 3. The summed E-state index contributed by atoms with van der Waals surface area (Å²) in [5, 5.41) is 18.5. The van der Waals surface area contributed by atoms with E-state index in [1.165, 1.54) is 16.9 Å². The van der Waals surface area contributed by atoms with Gasteiger partial charge in [0.15, 0.2) is 5.82 Å². The Labute approximate surface area is 172 Å². The lowest BCUT2D eigenvalue weighted by Crippen LogP contribution is -2.36. The van der Waals surface area contributed by atoms with Gasteiger partial charge in [-0.15, -0.1) is 0 Å². The number of fused-ring (bicyclic) bond motifs is 1. The monoisotopic (exact) mass is 405 g/mol. The highest BCUT2D eigenvalue weighted by Gasteiger charge is 2.38. The van der Waals surface area contributed by atoms with E-state index >= 15 is 4.39 Å². The number of aliphatic hydroxyl groups is 1. The molecule has 7 nitrogen and oxygen atoms in total. The van der Waals surface area contributed by atoms with E-state index in [4.69, 9.17) is 5.73 Å². The summed E-state index contributed by atoms with van der Waals surface area (Å²) in [6.45, 7) is 0.104. The first-order valence-corrected chi connectivity index (χ1v) is 9.40. The predicted molar refractivity (Wildman–Crippen MR) is 110 cm³/mol. The zero-order chi connectivity index (χ0) is 21.1. The molecule has 0 aliphatic rings. The number of hydrogen-bond acceptors (Lipinski definition) is 5. The largest absolute Gasteiger partial charge is 0.382 e. The van der Waals surface area contributed by atoms with Gasteiger partial charge in [-0.3, -0.25) is 4.79 Å². The number of hydrogen-bond donors (Lipinski definition) is 3. The average Bonchev–Trinajstić information content (AvgIpc) is 3.12. The van der Waals surface area contributed by atoms with Crippen molar-refractivity contribution in [3.63, 3.8) is 0 Å². The van der Waals surface area contributed by atoms with Crippen LogP contribution in [0.2, 0.25) is 0 Å². The third-order valence-corrected chi connectivity index (χ3v) is 5.01. The smallest absolute Gasteiger partial charge is 0.251 e. The number of benzene rings is 2. The molecule has 0 fully saturated rings. The molecule has 0 bridgehead atoms. The highest BCUT2D eigenvalue weighted by Crippen LogP contribution is 2.36. The van der Waals surface area contributed by atoms with Crippen LogP contribution in [0.15, 0.2) is 73.1 Å². The summed E-state index contributed by atoms with van der Waals surface area (Å²) >= 11 is 0. The summed E-state index contributed by atoms with van der Waals surface area (Å²) in [7, 11) is 0. The Morgan fingerprint density at radius 1 is 1.13 bits per heavy atom. The number of nitrogens with one attached hydrogen (secondary N) is 1.